The SMILES string of the molecule is NCC1CCC(Cc2nc(NCc3cccc(C(F)(F)F)c3F)nc(N)c2[N+](=O)[O-])CC1. The number of alkyl halides is 3. The summed E-state index contributed by atoms with van der Waals surface area (Å²) in [6.07, 6.45) is -0.968. The predicted molar refractivity (Wildman–Crippen MR) is 110 cm³/mol. The molecule has 0 aliphatic heterocycles. The molecule has 0 radical (unpaired) electrons. The first-order valence-electron chi connectivity index (χ1n) is 10.2. The quantitative estimate of drug-likeness (QED) is 0.325. The van der Waals surface area contributed by atoms with Gasteiger partial charge in [-0.15, -0.1) is 0 Å². The van der Waals surface area contributed by atoms with Gasteiger partial charge in [0.15, 0.2) is 0 Å². The van der Waals surface area contributed by atoms with Crippen molar-refractivity contribution >= 4 is 17.5 Å². The molecule has 2 aromatic rings. The number of nitrogens with zero attached hydrogens (tertiary/aromatic N) is 3. The molecule has 12 heteroatoms. The summed E-state index contributed by atoms with van der Waals surface area (Å²) in [6.45, 7) is 0.252. The Hall–Kier alpha value is -3.02. The first-order valence-corrected chi connectivity index (χ1v) is 10.2. The maximum atomic E-state index is 14.2. The lowest BCUT2D eigenvalue weighted by Crippen LogP contribution is -2.23. The van der Waals surface area contributed by atoms with Gasteiger partial charge in [0.2, 0.25) is 11.8 Å². The van der Waals surface area contributed by atoms with Crippen LogP contribution in [0.3, 0.4) is 0 Å². The van der Waals surface area contributed by atoms with E-state index in [4.69, 9.17) is 11.5 Å². The lowest BCUT2D eigenvalue weighted by Gasteiger charge is -2.27. The van der Waals surface area contributed by atoms with Gasteiger partial charge in [0.05, 0.1) is 10.5 Å². The highest BCUT2D eigenvalue weighted by molar-refractivity contribution is 5.58. The van der Waals surface area contributed by atoms with Gasteiger partial charge >= 0.3 is 11.9 Å². The minimum Gasteiger partial charge on any atom is -0.378 e. The monoisotopic (exact) mass is 456 g/mol. The van der Waals surface area contributed by atoms with Crippen molar-refractivity contribution in [3.8, 4) is 0 Å². The van der Waals surface area contributed by atoms with Crippen molar-refractivity contribution in [3.63, 3.8) is 0 Å². The smallest absolute Gasteiger partial charge is 0.378 e. The number of hydrogen-bond acceptors (Lipinski definition) is 7. The number of rotatable bonds is 7. The van der Waals surface area contributed by atoms with Gasteiger partial charge in [-0.1, -0.05) is 12.1 Å². The predicted octanol–water partition coefficient (Wildman–Crippen LogP) is 4.04. The highest BCUT2D eigenvalue weighted by Gasteiger charge is 2.35. The van der Waals surface area contributed by atoms with Crippen LogP contribution in [0.4, 0.5) is 35.0 Å². The first kappa shape index (κ1) is 23.6. The molecule has 1 fully saturated rings. The van der Waals surface area contributed by atoms with Crippen LogP contribution in [0.15, 0.2) is 18.2 Å². The van der Waals surface area contributed by atoms with E-state index in [2.05, 4.69) is 15.3 Å². The Kier molecular flexibility index (Phi) is 7.12. The number of halogens is 4. The summed E-state index contributed by atoms with van der Waals surface area (Å²) in [7, 11) is 0. The van der Waals surface area contributed by atoms with Crippen LogP contribution in [0, 0.1) is 27.8 Å². The summed E-state index contributed by atoms with van der Waals surface area (Å²) in [6, 6.07) is 2.94. The minimum absolute atomic E-state index is 0.115. The first-order chi connectivity index (χ1) is 15.1. The number of nitrogens with one attached hydrogen (secondary N) is 1. The van der Waals surface area contributed by atoms with E-state index in [0.29, 0.717) is 24.9 Å². The molecule has 1 aliphatic rings. The topological polar surface area (TPSA) is 133 Å². The fourth-order valence-electron chi connectivity index (χ4n) is 4.00. The summed E-state index contributed by atoms with van der Waals surface area (Å²) < 4.78 is 53.0. The standard InChI is InChI=1S/C20H24F4N6O2/c21-16-13(2-1-3-14(16)20(22,23)24)10-27-19-28-15(17(30(31)32)18(26)29-19)8-11-4-6-12(9-25)7-5-11/h1-3,11-12H,4-10,25H2,(H3,26,27,28,29). The van der Waals surface area contributed by atoms with E-state index in [1.165, 1.54) is 6.07 Å². The van der Waals surface area contributed by atoms with E-state index in [1.54, 1.807) is 0 Å². The molecule has 0 amide bonds. The summed E-state index contributed by atoms with van der Waals surface area (Å²) in [5, 5.41) is 14.1. The van der Waals surface area contributed by atoms with Crippen molar-refractivity contribution in [3.05, 3.63) is 51.0 Å². The minimum atomic E-state index is -4.83. The lowest BCUT2D eigenvalue weighted by molar-refractivity contribution is -0.385. The van der Waals surface area contributed by atoms with Crippen molar-refractivity contribution in [2.75, 3.05) is 17.6 Å². The Balaban J connectivity index is 1.80. The molecule has 0 spiro atoms. The maximum Gasteiger partial charge on any atom is 0.419 e. The van der Waals surface area contributed by atoms with Crippen molar-refractivity contribution in [2.45, 2.75) is 44.8 Å². The van der Waals surface area contributed by atoms with Gasteiger partial charge in [0.1, 0.15) is 11.5 Å². The lowest BCUT2D eigenvalue weighted by atomic mass is 9.80. The van der Waals surface area contributed by atoms with Crippen molar-refractivity contribution in [1.29, 1.82) is 0 Å². The van der Waals surface area contributed by atoms with Crippen LogP contribution < -0.4 is 16.8 Å². The van der Waals surface area contributed by atoms with Crippen LogP contribution in [0.25, 0.3) is 0 Å². The Bertz CT molecular complexity index is 977. The van der Waals surface area contributed by atoms with Crippen LogP contribution in [-0.2, 0) is 19.1 Å². The van der Waals surface area contributed by atoms with E-state index >= 15 is 0 Å². The molecule has 174 valence electrons. The summed E-state index contributed by atoms with van der Waals surface area (Å²) in [5.41, 5.74) is 9.61. The van der Waals surface area contributed by atoms with Crippen LogP contribution >= 0.6 is 0 Å². The molecule has 0 unspecified atom stereocenters. The third-order valence-corrected chi connectivity index (χ3v) is 5.77. The second kappa shape index (κ2) is 9.63. The second-order valence-electron chi connectivity index (χ2n) is 7.94. The molecule has 32 heavy (non-hydrogen) atoms. The number of anilines is 2. The molecule has 1 aromatic carbocycles. The van der Waals surface area contributed by atoms with Crippen molar-refractivity contribution < 1.29 is 22.5 Å². The Morgan fingerprint density at radius 1 is 1.16 bits per heavy atom. The van der Waals surface area contributed by atoms with E-state index in [9.17, 15) is 27.7 Å². The summed E-state index contributed by atoms with van der Waals surface area (Å²) >= 11 is 0. The van der Waals surface area contributed by atoms with Gasteiger partial charge in [-0.25, -0.2) is 9.37 Å². The third-order valence-electron chi connectivity index (χ3n) is 5.77. The molecule has 1 aliphatic carbocycles. The highest BCUT2D eigenvalue weighted by atomic mass is 19.4. The van der Waals surface area contributed by atoms with E-state index in [-0.39, 0.29) is 41.2 Å². The number of benzene rings is 1. The molecule has 8 nitrogen and oxygen atoms in total. The second-order valence-corrected chi connectivity index (χ2v) is 7.94. The van der Waals surface area contributed by atoms with E-state index in [1.807, 2.05) is 0 Å². The Morgan fingerprint density at radius 3 is 2.41 bits per heavy atom. The average molecular weight is 456 g/mol. The average Bonchev–Trinajstić information content (AvgIpc) is 2.72. The molecule has 5 N–H and O–H groups in total. The summed E-state index contributed by atoms with van der Waals surface area (Å²) in [4.78, 5) is 18.9. The van der Waals surface area contributed by atoms with Crippen molar-refractivity contribution in [1.82, 2.24) is 9.97 Å². The zero-order chi connectivity index (χ0) is 23.5. The van der Waals surface area contributed by atoms with Gasteiger partial charge in [-0.3, -0.25) is 10.1 Å². The zero-order valence-corrected chi connectivity index (χ0v) is 17.2. The van der Waals surface area contributed by atoms with Gasteiger partial charge in [0.25, 0.3) is 0 Å². The number of aromatic nitrogens is 2. The van der Waals surface area contributed by atoms with Crippen LogP contribution in [0.5, 0.6) is 0 Å². The Labute approximate surface area is 181 Å². The van der Waals surface area contributed by atoms with Gasteiger partial charge in [-0.05, 0) is 56.6 Å². The largest absolute Gasteiger partial charge is 0.419 e. The molecule has 1 aromatic heterocycles. The molecule has 0 saturated heterocycles. The van der Waals surface area contributed by atoms with Gasteiger partial charge in [-0.2, -0.15) is 18.2 Å². The number of nitrogens with two attached hydrogens (primary N) is 2. The molecule has 0 bridgehead atoms. The van der Waals surface area contributed by atoms with Crippen LogP contribution in [-0.4, -0.2) is 21.4 Å². The molecule has 3 rings (SSSR count). The van der Waals surface area contributed by atoms with Gasteiger partial charge < -0.3 is 16.8 Å². The molecule has 0 atom stereocenters. The van der Waals surface area contributed by atoms with E-state index in [0.717, 1.165) is 31.7 Å². The zero-order valence-electron chi connectivity index (χ0n) is 17.2. The third kappa shape index (κ3) is 5.42. The number of nitro groups is 1. The van der Waals surface area contributed by atoms with Crippen LogP contribution in [0.1, 0.15) is 42.5 Å². The fourth-order valence-corrected chi connectivity index (χ4v) is 4.00. The number of nitrogen functional groups attached to an aromatic ring is 1. The fraction of sp³-hybridized carbons (Fsp3) is 0.500. The van der Waals surface area contributed by atoms with Crippen molar-refractivity contribution in [2.24, 2.45) is 17.6 Å². The maximum absolute atomic E-state index is 14.2. The molecule has 1 saturated carbocycles. The van der Waals surface area contributed by atoms with E-state index < -0.39 is 22.5 Å². The van der Waals surface area contributed by atoms with Gasteiger partial charge in [0, 0.05) is 12.1 Å². The summed E-state index contributed by atoms with van der Waals surface area (Å²) in [5.74, 6) is -1.27. The Morgan fingerprint density at radius 2 is 1.81 bits per heavy atom. The van der Waals surface area contributed by atoms with Crippen LogP contribution in [0.2, 0.25) is 0 Å². The normalized spacial score (nSPS) is 19.0. The number of hydrogen-bond donors (Lipinski definition) is 3. The highest BCUT2D eigenvalue weighted by Crippen LogP contribution is 2.35. The molecule has 1 heterocycles. The molecular formula is C20H24F4N6O2. The molecular weight excluding hydrogens is 432 g/mol.